The molecule has 1 aromatic carbocycles. The standard InChI is InChI=1S/C24H32N2O3/c1-3-5-7-15-28-22-13-14-23(21(17-26)20(22)16-25)29-24(27)19-11-9-18(10-12-19)8-6-4-2/h13-14,18-19H,3-12,15H2,1-2H3. The Morgan fingerprint density at radius 3 is 2.21 bits per heavy atom. The van der Waals surface area contributed by atoms with Crippen molar-refractivity contribution in [1.29, 1.82) is 10.5 Å². The Morgan fingerprint density at radius 1 is 0.966 bits per heavy atom. The zero-order valence-electron chi connectivity index (χ0n) is 17.7. The van der Waals surface area contributed by atoms with Gasteiger partial charge in [0.15, 0.2) is 0 Å². The van der Waals surface area contributed by atoms with E-state index in [1.165, 1.54) is 19.3 Å². The Bertz CT molecular complexity index is 753. The number of hydrogen-bond donors (Lipinski definition) is 0. The van der Waals surface area contributed by atoms with Crippen molar-refractivity contribution in [2.75, 3.05) is 6.61 Å². The maximum Gasteiger partial charge on any atom is 0.314 e. The number of nitriles is 2. The fourth-order valence-electron chi connectivity index (χ4n) is 3.90. The SMILES string of the molecule is CCCCCOc1ccc(OC(=O)C2CCC(CCCC)CC2)c(C#N)c1C#N. The highest BCUT2D eigenvalue weighted by Gasteiger charge is 2.28. The molecule has 0 amide bonds. The number of hydrogen-bond acceptors (Lipinski definition) is 5. The third-order valence-electron chi connectivity index (χ3n) is 5.71. The van der Waals surface area contributed by atoms with Crippen LogP contribution in [0.2, 0.25) is 0 Å². The van der Waals surface area contributed by atoms with Crippen LogP contribution >= 0.6 is 0 Å². The topological polar surface area (TPSA) is 83.1 Å². The molecule has 0 N–H and O–H groups in total. The van der Waals surface area contributed by atoms with E-state index < -0.39 is 0 Å². The predicted octanol–water partition coefficient (Wildman–Crippen LogP) is 5.90. The van der Waals surface area contributed by atoms with Gasteiger partial charge in [0, 0.05) is 0 Å². The minimum atomic E-state index is -0.295. The summed E-state index contributed by atoms with van der Waals surface area (Å²) < 4.78 is 11.2. The molecule has 1 fully saturated rings. The van der Waals surface area contributed by atoms with Gasteiger partial charge >= 0.3 is 5.97 Å². The fraction of sp³-hybridized carbons (Fsp3) is 0.625. The van der Waals surface area contributed by atoms with Crippen LogP contribution < -0.4 is 9.47 Å². The van der Waals surface area contributed by atoms with Crippen LogP contribution in [0.3, 0.4) is 0 Å². The third kappa shape index (κ3) is 6.50. The summed E-state index contributed by atoms with van der Waals surface area (Å²) in [5.41, 5.74) is 0.211. The average molecular weight is 397 g/mol. The summed E-state index contributed by atoms with van der Waals surface area (Å²) in [6, 6.07) is 7.24. The van der Waals surface area contributed by atoms with Crippen LogP contribution in [0.25, 0.3) is 0 Å². The van der Waals surface area contributed by atoms with Crippen molar-refractivity contribution in [3.05, 3.63) is 23.3 Å². The first kappa shape index (κ1) is 22.8. The van der Waals surface area contributed by atoms with Gasteiger partial charge in [-0.25, -0.2) is 0 Å². The van der Waals surface area contributed by atoms with Gasteiger partial charge in [0.1, 0.15) is 34.8 Å². The van der Waals surface area contributed by atoms with Crippen LogP contribution in [-0.4, -0.2) is 12.6 Å². The number of carbonyl (C=O) groups excluding carboxylic acids is 1. The highest BCUT2D eigenvalue weighted by atomic mass is 16.5. The minimum absolute atomic E-state index is 0.0745. The first-order valence-corrected chi connectivity index (χ1v) is 11.0. The van der Waals surface area contributed by atoms with E-state index >= 15 is 0 Å². The van der Waals surface area contributed by atoms with Crippen molar-refractivity contribution in [1.82, 2.24) is 0 Å². The zero-order chi connectivity index (χ0) is 21.1. The molecular formula is C24H32N2O3. The quantitative estimate of drug-likeness (QED) is 0.279. The third-order valence-corrected chi connectivity index (χ3v) is 5.71. The van der Waals surface area contributed by atoms with E-state index in [-0.39, 0.29) is 28.8 Å². The molecule has 156 valence electrons. The van der Waals surface area contributed by atoms with Crippen molar-refractivity contribution in [3.8, 4) is 23.6 Å². The van der Waals surface area contributed by atoms with Crippen LogP contribution in [0.15, 0.2) is 12.1 Å². The summed E-state index contributed by atoms with van der Waals surface area (Å²) in [6.45, 7) is 4.80. The summed E-state index contributed by atoms with van der Waals surface area (Å²) in [5, 5.41) is 19.1. The minimum Gasteiger partial charge on any atom is -0.492 e. The average Bonchev–Trinajstić information content (AvgIpc) is 2.75. The molecule has 0 saturated heterocycles. The largest absolute Gasteiger partial charge is 0.492 e. The molecule has 0 spiro atoms. The van der Waals surface area contributed by atoms with Gasteiger partial charge in [0.25, 0.3) is 0 Å². The van der Waals surface area contributed by atoms with Gasteiger partial charge in [-0.2, -0.15) is 10.5 Å². The molecule has 1 saturated carbocycles. The van der Waals surface area contributed by atoms with Gasteiger partial charge in [0.05, 0.1) is 12.5 Å². The Kier molecular flexibility index (Phi) is 9.51. The molecule has 29 heavy (non-hydrogen) atoms. The number of carbonyl (C=O) groups is 1. The molecule has 2 rings (SSSR count). The summed E-state index contributed by atoms with van der Waals surface area (Å²) in [7, 11) is 0. The zero-order valence-corrected chi connectivity index (χ0v) is 17.7. The molecule has 1 aromatic rings. The second kappa shape index (κ2) is 12.1. The Morgan fingerprint density at radius 2 is 1.59 bits per heavy atom. The van der Waals surface area contributed by atoms with Crippen molar-refractivity contribution >= 4 is 5.97 Å². The summed E-state index contributed by atoms with van der Waals surface area (Å²) >= 11 is 0. The van der Waals surface area contributed by atoms with Crippen LogP contribution in [0.5, 0.6) is 11.5 Å². The summed E-state index contributed by atoms with van der Waals surface area (Å²) in [6.07, 6.45) is 10.5. The Hall–Kier alpha value is -2.53. The van der Waals surface area contributed by atoms with E-state index in [1.54, 1.807) is 12.1 Å². The van der Waals surface area contributed by atoms with E-state index in [2.05, 4.69) is 13.8 Å². The molecule has 0 heterocycles. The van der Waals surface area contributed by atoms with E-state index in [0.717, 1.165) is 44.9 Å². The Labute approximate surface area is 174 Å². The lowest BCUT2D eigenvalue weighted by Gasteiger charge is -2.27. The maximum atomic E-state index is 12.6. The molecule has 5 nitrogen and oxygen atoms in total. The van der Waals surface area contributed by atoms with E-state index in [1.807, 2.05) is 12.1 Å². The van der Waals surface area contributed by atoms with Gasteiger partial charge < -0.3 is 9.47 Å². The van der Waals surface area contributed by atoms with Gasteiger partial charge in [-0.1, -0.05) is 46.0 Å². The Balaban J connectivity index is 2.02. The lowest BCUT2D eigenvalue weighted by molar-refractivity contribution is -0.140. The number of nitrogens with zero attached hydrogens (tertiary/aromatic N) is 2. The highest BCUT2D eigenvalue weighted by molar-refractivity contribution is 5.77. The molecule has 1 aliphatic carbocycles. The van der Waals surface area contributed by atoms with E-state index in [9.17, 15) is 15.3 Å². The molecule has 0 aromatic heterocycles. The molecule has 0 radical (unpaired) electrons. The van der Waals surface area contributed by atoms with Gasteiger partial charge in [-0.05, 0) is 50.2 Å². The first-order chi connectivity index (χ1) is 14.1. The molecule has 1 aliphatic rings. The van der Waals surface area contributed by atoms with Crippen molar-refractivity contribution in [3.63, 3.8) is 0 Å². The molecule has 5 heteroatoms. The van der Waals surface area contributed by atoms with E-state index in [4.69, 9.17) is 9.47 Å². The van der Waals surface area contributed by atoms with Crippen LogP contribution in [0.1, 0.15) is 89.2 Å². The van der Waals surface area contributed by atoms with Crippen molar-refractivity contribution in [2.24, 2.45) is 11.8 Å². The normalized spacial score (nSPS) is 18.5. The van der Waals surface area contributed by atoms with Crippen molar-refractivity contribution in [2.45, 2.75) is 78.1 Å². The van der Waals surface area contributed by atoms with Gasteiger partial charge in [-0.3, -0.25) is 4.79 Å². The van der Waals surface area contributed by atoms with Gasteiger partial charge in [-0.15, -0.1) is 0 Å². The second-order valence-corrected chi connectivity index (χ2v) is 7.87. The molecule has 0 aliphatic heterocycles. The fourth-order valence-corrected chi connectivity index (χ4v) is 3.90. The van der Waals surface area contributed by atoms with Crippen molar-refractivity contribution < 1.29 is 14.3 Å². The lowest BCUT2D eigenvalue weighted by Crippen LogP contribution is -2.26. The number of ether oxygens (including phenoxy) is 2. The predicted molar refractivity (Wildman–Crippen MR) is 112 cm³/mol. The molecule has 0 atom stereocenters. The summed E-state index contributed by atoms with van der Waals surface area (Å²) in [5.74, 6) is 0.813. The number of benzene rings is 1. The van der Waals surface area contributed by atoms with Gasteiger partial charge in [0.2, 0.25) is 0 Å². The monoisotopic (exact) mass is 396 g/mol. The molecule has 0 unspecified atom stereocenters. The molecule has 0 bridgehead atoms. The van der Waals surface area contributed by atoms with Crippen LogP contribution in [0, 0.1) is 34.5 Å². The smallest absolute Gasteiger partial charge is 0.314 e. The number of esters is 1. The van der Waals surface area contributed by atoms with Crippen LogP contribution in [-0.2, 0) is 4.79 Å². The maximum absolute atomic E-state index is 12.6. The summed E-state index contributed by atoms with van der Waals surface area (Å²) in [4.78, 5) is 12.6. The second-order valence-electron chi connectivity index (χ2n) is 7.87. The lowest BCUT2D eigenvalue weighted by atomic mass is 9.80. The first-order valence-electron chi connectivity index (χ1n) is 11.0. The van der Waals surface area contributed by atoms with Crippen LogP contribution in [0.4, 0.5) is 0 Å². The van der Waals surface area contributed by atoms with E-state index in [0.29, 0.717) is 18.3 Å². The number of rotatable bonds is 10. The number of unbranched alkanes of at least 4 members (excludes halogenated alkanes) is 3. The highest BCUT2D eigenvalue weighted by Crippen LogP contribution is 2.34. The molecular weight excluding hydrogens is 364 g/mol.